The van der Waals surface area contributed by atoms with Gasteiger partial charge in [0, 0.05) is 11.6 Å². The van der Waals surface area contributed by atoms with Crippen LogP contribution in [0.1, 0.15) is 12.0 Å². The fourth-order valence-corrected chi connectivity index (χ4v) is 5.39. The van der Waals surface area contributed by atoms with Gasteiger partial charge >= 0.3 is 0 Å². The van der Waals surface area contributed by atoms with E-state index in [0.717, 1.165) is 16.7 Å². The smallest absolute Gasteiger partial charge is 0.294 e. The van der Waals surface area contributed by atoms with Crippen molar-refractivity contribution < 1.29 is 27.5 Å². The number of nitrogens with one attached hydrogen (secondary N) is 1. The predicted octanol–water partition coefficient (Wildman–Crippen LogP) is 1.03. The van der Waals surface area contributed by atoms with E-state index in [9.17, 15) is 22.8 Å². The van der Waals surface area contributed by atoms with E-state index in [4.69, 9.17) is 4.74 Å². The number of benzene rings is 1. The minimum atomic E-state index is -3.13. The van der Waals surface area contributed by atoms with E-state index in [-0.39, 0.29) is 16.4 Å². The second-order valence-electron chi connectivity index (χ2n) is 6.18. The molecule has 3 rings (SSSR count). The van der Waals surface area contributed by atoms with Gasteiger partial charge in [0.2, 0.25) is 5.91 Å². The molecule has 1 aromatic rings. The highest BCUT2D eigenvalue weighted by atomic mass is 32.2. The molecule has 144 valence electrons. The van der Waals surface area contributed by atoms with E-state index in [2.05, 4.69) is 5.32 Å². The van der Waals surface area contributed by atoms with Crippen LogP contribution >= 0.6 is 11.8 Å². The van der Waals surface area contributed by atoms with E-state index in [1.54, 1.807) is 30.3 Å². The zero-order valence-electron chi connectivity index (χ0n) is 14.5. The Morgan fingerprint density at radius 3 is 2.78 bits per heavy atom. The second kappa shape index (κ2) is 7.73. The Labute approximate surface area is 160 Å². The van der Waals surface area contributed by atoms with Crippen LogP contribution in [-0.4, -0.2) is 61.6 Å². The van der Waals surface area contributed by atoms with Crippen molar-refractivity contribution in [3.8, 4) is 5.75 Å². The Balaban J connectivity index is 1.67. The van der Waals surface area contributed by atoms with Gasteiger partial charge in [-0.25, -0.2) is 8.42 Å². The summed E-state index contributed by atoms with van der Waals surface area (Å²) >= 11 is 0.747. The Bertz CT molecular complexity index is 925. The van der Waals surface area contributed by atoms with Gasteiger partial charge in [0.15, 0.2) is 9.84 Å². The maximum Gasteiger partial charge on any atom is 0.294 e. The van der Waals surface area contributed by atoms with Crippen molar-refractivity contribution in [1.29, 1.82) is 0 Å². The zero-order valence-corrected chi connectivity index (χ0v) is 16.1. The number of hydrogen-bond acceptors (Lipinski definition) is 7. The number of ether oxygens (including phenoxy) is 1. The van der Waals surface area contributed by atoms with Crippen LogP contribution in [0, 0.1) is 0 Å². The summed E-state index contributed by atoms with van der Waals surface area (Å²) in [6.45, 7) is -0.440. The number of imide groups is 1. The van der Waals surface area contributed by atoms with E-state index in [0.29, 0.717) is 17.7 Å². The van der Waals surface area contributed by atoms with Gasteiger partial charge in [-0.2, -0.15) is 0 Å². The number of hydrogen-bond donors (Lipinski definition) is 1. The van der Waals surface area contributed by atoms with Gasteiger partial charge < -0.3 is 10.1 Å². The van der Waals surface area contributed by atoms with Crippen molar-refractivity contribution in [3.05, 3.63) is 34.7 Å². The van der Waals surface area contributed by atoms with Crippen LogP contribution in [-0.2, 0) is 19.4 Å². The summed E-state index contributed by atoms with van der Waals surface area (Å²) in [7, 11) is -1.62. The lowest BCUT2D eigenvalue weighted by molar-refractivity contribution is -0.129. The molecule has 1 unspecified atom stereocenters. The number of carbonyl (C=O) groups excluding carboxylic acids is 3. The second-order valence-corrected chi connectivity index (χ2v) is 9.40. The summed E-state index contributed by atoms with van der Waals surface area (Å²) in [5.74, 6) is -0.650. The molecule has 1 aromatic carbocycles. The average molecular weight is 410 g/mol. The molecule has 2 aliphatic rings. The lowest BCUT2D eigenvalue weighted by atomic mass is 10.2. The lowest BCUT2D eigenvalue weighted by Crippen LogP contribution is -2.43. The molecule has 0 saturated carbocycles. The molecule has 0 radical (unpaired) electrons. The molecule has 8 nitrogen and oxygen atoms in total. The van der Waals surface area contributed by atoms with E-state index < -0.39 is 39.5 Å². The molecule has 0 aliphatic carbocycles. The number of nitrogens with zero attached hydrogens (tertiary/aromatic N) is 1. The molecule has 2 heterocycles. The highest BCUT2D eigenvalue weighted by Gasteiger charge is 2.37. The minimum absolute atomic E-state index is 0.0289. The average Bonchev–Trinajstić information content (AvgIpc) is 3.08. The first kappa shape index (κ1) is 19.4. The number of amides is 3. The zero-order chi connectivity index (χ0) is 19.6. The normalized spacial score (nSPS) is 23.1. The topological polar surface area (TPSA) is 110 Å². The first-order valence-electron chi connectivity index (χ1n) is 8.17. The predicted molar refractivity (Wildman–Crippen MR) is 101 cm³/mol. The van der Waals surface area contributed by atoms with Crippen molar-refractivity contribution in [2.45, 2.75) is 12.5 Å². The largest absolute Gasteiger partial charge is 0.496 e. The number of thioether (sulfide) groups is 1. The highest BCUT2D eigenvalue weighted by molar-refractivity contribution is 8.18. The summed E-state index contributed by atoms with van der Waals surface area (Å²) in [5.41, 5.74) is 0.645. The van der Waals surface area contributed by atoms with Crippen molar-refractivity contribution in [2.75, 3.05) is 25.2 Å². The Morgan fingerprint density at radius 1 is 1.37 bits per heavy atom. The quantitative estimate of drug-likeness (QED) is 0.722. The van der Waals surface area contributed by atoms with Crippen LogP contribution in [0.3, 0.4) is 0 Å². The maximum atomic E-state index is 12.5. The molecule has 2 fully saturated rings. The van der Waals surface area contributed by atoms with Crippen molar-refractivity contribution in [3.63, 3.8) is 0 Å². The summed E-state index contributed by atoms with van der Waals surface area (Å²) in [4.78, 5) is 37.8. The summed E-state index contributed by atoms with van der Waals surface area (Å²) in [5, 5.41) is 2.03. The highest BCUT2D eigenvalue weighted by Crippen LogP contribution is 2.33. The van der Waals surface area contributed by atoms with Crippen molar-refractivity contribution in [1.82, 2.24) is 10.2 Å². The number of methoxy groups -OCH3 is 1. The van der Waals surface area contributed by atoms with Crippen LogP contribution in [0.4, 0.5) is 4.79 Å². The molecule has 2 saturated heterocycles. The third-order valence-corrected chi connectivity index (χ3v) is 6.87. The molecule has 2 aliphatic heterocycles. The molecule has 0 aromatic heterocycles. The molecular formula is C17H18N2O6S2. The van der Waals surface area contributed by atoms with Crippen LogP contribution < -0.4 is 10.1 Å². The molecule has 3 amide bonds. The molecular weight excluding hydrogens is 392 g/mol. The number of rotatable bonds is 5. The molecule has 0 bridgehead atoms. The van der Waals surface area contributed by atoms with Gasteiger partial charge in [-0.1, -0.05) is 18.2 Å². The van der Waals surface area contributed by atoms with Gasteiger partial charge in [0.1, 0.15) is 12.3 Å². The Morgan fingerprint density at radius 2 is 2.11 bits per heavy atom. The fraction of sp³-hybridized carbons (Fsp3) is 0.353. The van der Waals surface area contributed by atoms with E-state index in [1.165, 1.54) is 7.11 Å². The number of sulfone groups is 1. The fourth-order valence-electron chi connectivity index (χ4n) is 2.89. The maximum absolute atomic E-state index is 12.5. The summed E-state index contributed by atoms with van der Waals surface area (Å²) < 4.78 is 28.1. The van der Waals surface area contributed by atoms with Gasteiger partial charge in [-0.3, -0.25) is 19.3 Å². The first-order chi connectivity index (χ1) is 12.8. The standard InChI is InChI=1S/C17H18N2O6S2/c1-25-13-5-3-2-4-11(13)8-14-16(21)19(17(22)26-14)9-15(20)18-12-6-7-27(23,24)10-12/h2-5,8,12H,6-7,9-10H2,1H3,(H,18,20). The van der Waals surface area contributed by atoms with Crippen LogP contribution in [0.2, 0.25) is 0 Å². The molecule has 1 N–H and O–H groups in total. The third kappa shape index (κ3) is 4.51. The molecule has 10 heteroatoms. The molecule has 0 spiro atoms. The van der Waals surface area contributed by atoms with Gasteiger partial charge in [-0.15, -0.1) is 0 Å². The Kier molecular flexibility index (Phi) is 5.56. The lowest BCUT2D eigenvalue weighted by Gasteiger charge is -2.15. The number of carbonyl (C=O) groups is 3. The molecule has 1 atom stereocenters. The minimum Gasteiger partial charge on any atom is -0.496 e. The van der Waals surface area contributed by atoms with Crippen molar-refractivity contribution >= 4 is 44.7 Å². The first-order valence-corrected chi connectivity index (χ1v) is 10.8. The van der Waals surface area contributed by atoms with E-state index in [1.807, 2.05) is 0 Å². The third-order valence-electron chi connectivity index (χ3n) is 4.20. The SMILES string of the molecule is COc1ccccc1C=C1SC(=O)N(CC(=O)NC2CCS(=O)(=O)C2)C1=O. The van der Waals surface area contributed by atoms with Gasteiger partial charge in [-0.05, 0) is 30.3 Å². The molecule has 27 heavy (non-hydrogen) atoms. The summed E-state index contributed by atoms with van der Waals surface area (Å²) in [6, 6.07) is 6.57. The van der Waals surface area contributed by atoms with Gasteiger partial charge in [0.25, 0.3) is 11.1 Å². The van der Waals surface area contributed by atoms with Gasteiger partial charge in [0.05, 0.1) is 23.5 Å². The Hall–Kier alpha value is -2.33. The monoisotopic (exact) mass is 410 g/mol. The van der Waals surface area contributed by atoms with Crippen LogP contribution in [0.15, 0.2) is 29.2 Å². The number of para-hydroxylation sites is 1. The summed E-state index contributed by atoms with van der Waals surface area (Å²) in [6.07, 6.45) is 1.88. The van der Waals surface area contributed by atoms with E-state index >= 15 is 0 Å². The van der Waals surface area contributed by atoms with Crippen LogP contribution in [0.25, 0.3) is 6.08 Å². The van der Waals surface area contributed by atoms with Crippen molar-refractivity contribution in [2.24, 2.45) is 0 Å². The van der Waals surface area contributed by atoms with Crippen LogP contribution in [0.5, 0.6) is 5.75 Å².